The van der Waals surface area contributed by atoms with Gasteiger partial charge in [0.1, 0.15) is 5.82 Å². The van der Waals surface area contributed by atoms with E-state index in [4.69, 9.17) is 16.3 Å². The summed E-state index contributed by atoms with van der Waals surface area (Å²) in [6.07, 6.45) is 2.91. The van der Waals surface area contributed by atoms with E-state index in [0.29, 0.717) is 23.9 Å². The number of benzene rings is 1. The lowest BCUT2D eigenvalue weighted by Crippen LogP contribution is -2.02. The van der Waals surface area contributed by atoms with Gasteiger partial charge in [-0.25, -0.2) is 9.18 Å². The van der Waals surface area contributed by atoms with E-state index < -0.39 is 11.8 Å². The van der Waals surface area contributed by atoms with Gasteiger partial charge in [-0.05, 0) is 25.1 Å². The first kappa shape index (κ1) is 13.5. The van der Waals surface area contributed by atoms with Crippen molar-refractivity contribution in [2.45, 2.75) is 6.92 Å². The lowest BCUT2D eigenvalue weighted by atomic mass is 10.3. The van der Waals surface area contributed by atoms with Crippen molar-refractivity contribution >= 4 is 23.3 Å². The Morgan fingerprint density at radius 2 is 2.29 bits per heavy atom. The molecular weight excluding hydrogens is 245 g/mol. The van der Waals surface area contributed by atoms with Gasteiger partial charge in [-0.1, -0.05) is 17.7 Å². The van der Waals surface area contributed by atoms with Gasteiger partial charge in [0, 0.05) is 23.3 Å². The molecule has 0 heterocycles. The van der Waals surface area contributed by atoms with E-state index in [9.17, 15) is 9.18 Å². The van der Waals surface area contributed by atoms with Gasteiger partial charge < -0.3 is 10.1 Å². The van der Waals surface area contributed by atoms with Crippen LogP contribution in [0.1, 0.15) is 6.92 Å². The van der Waals surface area contributed by atoms with Crippen molar-refractivity contribution < 1.29 is 13.9 Å². The third-order valence-corrected chi connectivity index (χ3v) is 2.05. The zero-order valence-electron chi connectivity index (χ0n) is 9.37. The van der Waals surface area contributed by atoms with Crippen LogP contribution in [0.15, 0.2) is 30.4 Å². The van der Waals surface area contributed by atoms with Crippen LogP contribution in [0.5, 0.6) is 0 Å². The fourth-order valence-electron chi connectivity index (χ4n) is 1.18. The van der Waals surface area contributed by atoms with Gasteiger partial charge in [0.15, 0.2) is 0 Å². The minimum atomic E-state index is -0.408. The molecule has 0 aliphatic carbocycles. The van der Waals surface area contributed by atoms with Crippen LogP contribution >= 0.6 is 11.6 Å². The van der Waals surface area contributed by atoms with E-state index in [-0.39, 0.29) is 0 Å². The second kappa shape index (κ2) is 6.91. The summed E-state index contributed by atoms with van der Waals surface area (Å²) in [6, 6.07) is 4.15. The Labute approximate surface area is 104 Å². The maximum Gasteiger partial charge on any atom is 0.330 e. The van der Waals surface area contributed by atoms with Crippen molar-refractivity contribution in [1.29, 1.82) is 0 Å². The molecule has 0 saturated carbocycles. The minimum Gasteiger partial charge on any atom is -0.463 e. The SMILES string of the molecule is CCOC(=O)/C=C/CNc1cc(F)cc(Cl)c1. The highest BCUT2D eigenvalue weighted by atomic mass is 35.5. The van der Waals surface area contributed by atoms with Crippen LogP contribution in [-0.4, -0.2) is 19.1 Å². The smallest absolute Gasteiger partial charge is 0.330 e. The first-order chi connectivity index (χ1) is 8.11. The number of halogens is 2. The van der Waals surface area contributed by atoms with Crippen molar-refractivity contribution in [1.82, 2.24) is 0 Å². The summed E-state index contributed by atoms with van der Waals surface area (Å²) in [5, 5.41) is 3.23. The standard InChI is InChI=1S/C12H13ClFNO2/c1-2-17-12(16)4-3-5-15-11-7-9(13)6-10(14)8-11/h3-4,6-8,15H,2,5H2,1H3/b4-3+. The van der Waals surface area contributed by atoms with Gasteiger partial charge in [0.2, 0.25) is 0 Å². The summed E-state index contributed by atoms with van der Waals surface area (Å²) in [6.45, 7) is 2.47. The van der Waals surface area contributed by atoms with Crippen molar-refractivity contribution in [2.24, 2.45) is 0 Å². The number of esters is 1. The summed E-state index contributed by atoms with van der Waals surface area (Å²) in [5.41, 5.74) is 0.559. The lowest BCUT2D eigenvalue weighted by molar-refractivity contribution is -0.137. The minimum absolute atomic E-state index is 0.321. The van der Waals surface area contributed by atoms with Gasteiger partial charge in [-0.3, -0.25) is 0 Å². The molecule has 92 valence electrons. The third-order valence-electron chi connectivity index (χ3n) is 1.83. The van der Waals surface area contributed by atoms with Crippen molar-refractivity contribution in [2.75, 3.05) is 18.5 Å². The molecule has 0 radical (unpaired) electrons. The fraction of sp³-hybridized carbons (Fsp3) is 0.250. The largest absolute Gasteiger partial charge is 0.463 e. The number of rotatable bonds is 5. The molecule has 0 amide bonds. The highest BCUT2D eigenvalue weighted by molar-refractivity contribution is 6.30. The van der Waals surface area contributed by atoms with Crippen molar-refractivity contribution in [3.05, 3.63) is 41.2 Å². The summed E-state index contributed by atoms with van der Waals surface area (Å²) >= 11 is 5.68. The van der Waals surface area contributed by atoms with Crippen LogP contribution in [0, 0.1) is 5.82 Å². The summed E-state index contributed by atoms with van der Waals surface area (Å²) in [5.74, 6) is -0.805. The molecule has 0 fully saturated rings. The first-order valence-electron chi connectivity index (χ1n) is 5.15. The Morgan fingerprint density at radius 3 is 2.94 bits per heavy atom. The number of ether oxygens (including phenoxy) is 1. The van der Waals surface area contributed by atoms with E-state index in [1.807, 2.05) is 0 Å². The maximum atomic E-state index is 12.9. The van der Waals surface area contributed by atoms with Crippen molar-refractivity contribution in [3.8, 4) is 0 Å². The highest BCUT2D eigenvalue weighted by Gasteiger charge is 1.98. The zero-order chi connectivity index (χ0) is 12.7. The first-order valence-corrected chi connectivity index (χ1v) is 5.53. The van der Waals surface area contributed by atoms with Gasteiger partial charge >= 0.3 is 5.97 Å². The second-order valence-electron chi connectivity index (χ2n) is 3.19. The average Bonchev–Trinajstić information content (AvgIpc) is 2.23. The quantitative estimate of drug-likeness (QED) is 0.651. The van der Waals surface area contributed by atoms with Crippen LogP contribution in [0.4, 0.5) is 10.1 Å². The van der Waals surface area contributed by atoms with E-state index in [1.54, 1.807) is 19.1 Å². The molecule has 0 atom stereocenters. The Kier molecular flexibility index (Phi) is 5.49. The molecule has 0 aliphatic rings. The summed E-state index contributed by atoms with van der Waals surface area (Å²) < 4.78 is 17.6. The lowest BCUT2D eigenvalue weighted by Gasteiger charge is -2.03. The number of carbonyl (C=O) groups is 1. The predicted molar refractivity (Wildman–Crippen MR) is 65.7 cm³/mol. The van der Waals surface area contributed by atoms with Crippen LogP contribution in [-0.2, 0) is 9.53 Å². The van der Waals surface area contributed by atoms with Gasteiger partial charge in [0.05, 0.1) is 6.61 Å². The van der Waals surface area contributed by atoms with Crippen LogP contribution < -0.4 is 5.32 Å². The molecule has 17 heavy (non-hydrogen) atoms. The molecule has 0 bridgehead atoms. The zero-order valence-corrected chi connectivity index (χ0v) is 10.1. The molecular formula is C12H13ClFNO2. The molecule has 0 aliphatic heterocycles. The van der Waals surface area contributed by atoms with Crippen LogP contribution in [0.3, 0.4) is 0 Å². The number of carbonyl (C=O) groups excluding carboxylic acids is 1. The number of hydrogen-bond acceptors (Lipinski definition) is 3. The predicted octanol–water partition coefficient (Wildman–Crippen LogP) is 3.01. The molecule has 1 aromatic rings. The normalized spacial score (nSPS) is 10.5. The molecule has 3 nitrogen and oxygen atoms in total. The summed E-state index contributed by atoms with van der Waals surface area (Å²) in [4.78, 5) is 10.9. The van der Waals surface area contributed by atoms with Crippen LogP contribution in [0.2, 0.25) is 5.02 Å². The third kappa shape index (κ3) is 5.36. The van der Waals surface area contributed by atoms with Gasteiger partial charge in [-0.15, -0.1) is 0 Å². The molecule has 1 N–H and O–H groups in total. The van der Waals surface area contributed by atoms with Gasteiger partial charge in [0.25, 0.3) is 0 Å². The Bertz CT molecular complexity index is 401. The maximum absolute atomic E-state index is 12.9. The van der Waals surface area contributed by atoms with E-state index in [0.717, 1.165) is 0 Å². The second-order valence-corrected chi connectivity index (χ2v) is 3.63. The molecule has 0 saturated heterocycles. The van der Waals surface area contributed by atoms with Gasteiger partial charge in [-0.2, -0.15) is 0 Å². The molecule has 0 unspecified atom stereocenters. The topological polar surface area (TPSA) is 38.3 Å². The Balaban J connectivity index is 2.43. The van der Waals surface area contributed by atoms with Crippen molar-refractivity contribution in [3.63, 3.8) is 0 Å². The highest BCUT2D eigenvalue weighted by Crippen LogP contribution is 2.17. The molecule has 0 aromatic heterocycles. The monoisotopic (exact) mass is 257 g/mol. The number of nitrogens with one attached hydrogen (secondary N) is 1. The molecule has 1 rings (SSSR count). The Morgan fingerprint density at radius 1 is 1.53 bits per heavy atom. The van der Waals surface area contributed by atoms with E-state index >= 15 is 0 Å². The number of hydrogen-bond donors (Lipinski definition) is 1. The number of anilines is 1. The molecule has 1 aromatic carbocycles. The average molecular weight is 258 g/mol. The van der Waals surface area contributed by atoms with E-state index in [2.05, 4.69) is 5.32 Å². The summed E-state index contributed by atoms with van der Waals surface area (Å²) in [7, 11) is 0. The Hall–Kier alpha value is -1.55. The fourth-order valence-corrected chi connectivity index (χ4v) is 1.40. The molecule has 0 spiro atoms. The van der Waals surface area contributed by atoms with Crippen LogP contribution in [0.25, 0.3) is 0 Å². The van der Waals surface area contributed by atoms with E-state index in [1.165, 1.54) is 18.2 Å². The molecule has 5 heteroatoms.